The molecule has 2 amide bonds. The van der Waals surface area contributed by atoms with Gasteiger partial charge in [-0.25, -0.2) is 9.59 Å². The number of nitrogens with zero attached hydrogens (tertiary/aromatic N) is 1. The SMILES string of the molecule is COC(=O)[C@@H]1Cc2c([nH]c3ccccc23)[C@H](C)N1C(=O)[C@@H](C)NC(=O)OC(C)(C)C. The van der Waals surface area contributed by atoms with Gasteiger partial charge in [0, 0.05) is 23.0 Å². The Hall–Kier alpha value is -3.03. The maximum Gasteiger partial charge on any atom is 0.408 e. The molecule has 1 aliphatic rings. The number of carbonyl (C=O) groups excluding carboxylic acids is 3. The Balaban J connectivity index is 1.92. The van der Waals surface area contributed by atoms with Gasteiger partial charge in [-0.05, 0) is 46.2 Å². The molecule has 162 valence electrons. The molecule has 30 heavy (non-hydrogen) atoms. The highest BCUT2D eigenvalue weighted by Crippen LogP contribution is 2.37. The summed E-state index contributed by atoms with van der Waals surface area (Å²) >= 11 is 0. The number of benzene rings is 1. The summed E-state index contributed by atoms with van der Waals surface area (Å²) in [7, 11) is 1.31. The lowest BCUT2D eigenvalue weighted by Gasteiger charge is -2.40. The number of esters is 1. The van der Waals surface area contributed by atoms with Crippen molar-refractivity contribution in [2.24, 2.45) is 0 Å². The quantitative estimate of drug-likeness (QED) is 0.751. The zero-order valence-corrected chi connectivity index (χ0v) is 18.2. The number of aromatic nitrogens is 1. The first-order valence-electron chi connectivity index (χ1n) is 10.0. The van der Waals surface area contributed by atoms with Crippen LogP contribution < -0.4 is 5.32 Å². The van der Waals surface area contributed by atoms with Crippen LogP contribution >= 0.6 is 0 Å². The van der Waals surface area contributed by atoms with Gasteiger partial charge in [0.05, 0.1) is 13.2 Å². The van der Waals surface area contributed by atoms with Crippen LogP contribution in [0.1, 0.15) is 51.9 Å². The van der Waals surface area contributed by atoms with E-state index in [0.717, 1.165) is 22.2 Å². The van der Waals surface area contributed by atoms with Crippen LogP contribution in [0.25, 0.3) is 10.9 Å². The molecular formula is C22H29N3O5. The van der Waals surface area contributed by atoms with Crippen molar-refractivity contribution in [3.8, 4) is 0 Å². The molecule has 2 N–H and O–H groups in total. The molecule has 0 unspecified atom stereocenters. The summed E-state index contributed by atoms with van der Waals surface area (Å²) in [6, 6.07) is 5.77. The van der Waals surface area contributed by atoms with Crippen molar-refractivity contribution in [2.75, 3.05) is 7.11 Å². The standard InChI is InChI=1S/C22H29N3O5/c1-12(23-21(28)30-22(3,4)5)19(26)25-13(2)18-15(11-17(25)20(27)29-6)14-9-7-8-10-16(14)24-18/h7-10,12-13,17,24H,11H2,1-6H3,(H,23,28)/t12-,13+,17+/m1/s1. The van der Waals surface area contributed by atoms with Crippen molar-refractivity contribution < 1.29 is 23.9 Å². The predicted molar refractivity (Wildman–Crippen MR) is 112 cm³/mol. The Morgan fingerprint density at radius 3 is 2.53 bits per heavy atom. The predicted octanol–water partition coefficient (Wildman–Crippen LogP) is 3.07. The topological polar surface area (TPSA) is 101 Å². The van der Waals surface area contributed by atoms with Gasteiger partial charge in [-0.2, -0.15) is 0 Å². The minimum atomic E-state index is -0.875. The maximum absolute atomic E-state index is 13.3. The molecule has 3 rings (SSSR count). The molecule has 8 nitrogen and oxygen atoms in total. The van der Waals surface area contributed by atoms with Crippen molar-refractivity contribution >= 4 is 28.9 Å². The molecule has 2 heterocycles. The van der Waals surface area contributed by atoms with Crippen molar-refractivity contribution in [3.63, 3.8) is 0 Å². The molecule has 0 radical (unpaired) electrons. The first-order chi connectivity index (χ1) is 14.0. The summed E-state index contributed by atoms with van der Waals surface area (Å²) in [5.41, 5.74) is 2.16. The van der Waals surface area contributed by atoms with Crippen molar-refractivity contribution in [1.82, 2.24) is 15.2 Å². The monoisotopic (exact) mass is 415 g/mol. The summed E-state index contributed by atoms with van der Waals surface area (Å²) in [4.78, 5) is 42.9. The zero-order valence-electron chi connectivity index (χ0n) is 18.2. The summed E-state index contributed by atoms with van der Waals surface area (Å²) in [6.45, 7) is 8.68. The Kier molecular flexibility index (Phi) is 5.78. The summed E-state index contributed by atoms with van der Waals surface area (Å²) in [6.07, 6.45) is -0.352. The maximum atomic E-state index is 13.3. The normalized spacial score (nSPS) is 19.7. The molecule has 1 aliphatic heterocycles. The molecular weight excluding hydrogens is 386 g/mol. The van der Waals surface area contributed by atoms with Crippen molar-refractivity contribution in [3.05, 3.63) is 35.5 Å². The van der Waals surface area contributed by atoms with Crippen LogP contribution in [0.2, 0.25) is 0 Å². The molecule has 0 bridgehead atoms. The number of H-pyrrole nitrogens is 1. The first kappa shape index (κ1) is 21.7. The smallest absolute Gasteiger partial charge is 0.408 e. The molecule has 0 spiro atoms. The second kappa shape index (κ2) is 8.01. The van der Waals surface area contributed by atoms with Gasteiger partial charge in [-0.3, -0.25) is 4.79 Å². The van der Waals surface area contributed by atoms with Gasteiger partial charge in [0.2, 0.25) is 5.91 Å². The third-order valence-corrected chi connectivity index (χ3v) is 5.25. The summed E-state index contributed by atoms with van der Waals surface area (Å²) in [5.74, 6) is -0.872. The fourth-order valence-electron chi connectivity index (χ4n) is 3.95. The first-order valence-corrected chi connectivity index (χ1v) is 10.0. The van der Waals surface area contributed by atoms with Gasteiger partial charge in [0.1, 0.15) is 17.7 Å². The second-order valence-corrected chi connectivity index (χ2v) is 8.60. The van der Waals surface area contributed by atoms with Crippen LogP contribution in [0, 0.1) is 0 Å². The van der Waals surface area contributed by atoms with Gasteiger partial charge in [0.25, 0.3) is 0 Å². The largest absolute Gasteiger partial charge is 0.467 e. The molecule has 0 saturated heterocycles. The number of amides is 2. The van der Waals surface area contributed by atoms with Crippen molar-refractivity contribution in [1.29, 1.82) is 0 Å². The molecule has 3 atom stereocenters. The number of hydrogen-bond donors (Lipinski definition) is 2. The number of alkyl carbamates (subject to hydrolysis) is 1. The Bertz CT molecular complexity index is 975. The number of methoxy groups -OCH3 is 1. The van der Waals surface area contributed by atoms with E-state index >= 15 is 0 Å². The molecule has 2 aromatic rings. The lowest BCUT2D eigenvalue weighted by Crippen LogP contribution is -2.56. The molecule has 0 aliphatic carbocycles. The van der Waals surface area contributed by atoms with E-state index in [1.54, 1.807) is 27.7 Å². The second-order valence-electron chi connectivity index (χ2n) is 8.60. The molecule has 0 fully saturated rings. The highest BCUT2D eigenvalue weighted by atomic mass is 16.6. The van der Waals surface area contributed by atoms with E-state index in [2.05, 4.69) is 10.3 Å². The molecule has 8 heteroatoms. The minimum absolute atomic E-state index is 0.335. The average Bonchev–Trinajstić information content (AvgIpc) is 3.04. The van der Waals surface area contributed by atoms with Gasteiger partial charge in [0.15, 0.2) is 0 Å². The van der Waals surface area contributed by atoms with Crippen molar-refractivity contribution in [2.45, 2.75) is 64.8 Å². The van der Waals surface area contributed by atoms with Crippen LogP contribution in [0.3, 0.4) is 0 Å². The number of nitrogens with one attached hydrogen (secondary N) is 2. The highest BCUT2D eigenvalue weighted by Gasteiger charge is 2.43. The summed E-state index contributed by atoms with van der Waals surface area (Å²) < 4.78 is 10.2. The van der Waals surface area contributed by atoms with E-state index in [9.17, 15) is 14.4 Å². The van der Waals surface area contributed by atoms with E-state index in [1.165, 1.54) is 12.0 Å². The van der Waals surface area contributed by atoms with Gasteiger partial charge >= 0.3 is 12.1 Å². The van der Waals surface area contributed by atoms with Crippen LogP contribution in [0.5, 0.6) is 0 Å². The fraction of sp³-hybridized carbons (Fsp3) is 0.500. The molecule has 0 saturated carbocycles. The van der Waals surface area contributed by atoms with Crippen LogP contribution in [0.4, 0.5) is 4.79 Å². The number of carbonyl (C=O) groups is 3. The van der Waals surface area contributed by atoms with E-state index in [0.29, 0.717) is 6.42 Å². The Labute approximate surface area is 175 Å². The van der Waals surface area contributed by atoms with E-state index < -0.39 is 35.8 Å². The minimum Gasteiger partial charge on any atom is -0.467 e. The lowest BCUT2D eigenvalue weighted by molar-refractivity contribution is -0.156. The molecule has 1 aromatic carbocycles. The third kappa shape index (κ3) is 4.13. The van der Waals surface area contributed by atoms with Crippen LogP contribution in [-0.2, 0) is 25.5 Å². The number of para-hydroxylation sites is 1. The number of aromatic amines is 1. The molecule has 1 aromatic heterocycles. The van der Waals surface area contributed by atoms with E-state index in [-0.39, 0.29) is 5.91 Å². The van der Waals surface area contributed by atoms with Crippen LogP contribution in [-0.4, -0.2) is 52.6 Å². The van der Waals surface area contributed by atoms with Gasteiger partial charge in [-0.15, -0.1) is 0 Å². The number of hydrogen-bond acceptors (Lipinski definition) is 5. The summed E-state index contributed by atoms with van der Waals surface area (Å²) in [5, 5.41) is 3.60. The number of ether oxygens (including phenoxy) is 2. The van der Waals surface area contributed by atoms with E-state index in [4.69, 9.17) is 9.47 Å². The average molecular weight is 415 g/mol. The Morgan fingerprint density at radius 2 is 1.90 bits per heavy atom. The zero-order chi connectivity index (χ0) is 22.2. The lowest BCUT2D eigenvalue weighted by atomic mass is 9.91. The number of fused-ring (bicyclic) bond motifs is 3. The van der Waals surface area contributed by atoms with Crippen LogP contribution in [0.15, 0.2) is 24.3 Å². The van der Waals surface area contributed by atoms with Gasteiger partial charge in [-0.1, -0.05) is 18.2 Å². The van der Waals surface area contributed by atoms with Gasteiger partial charge < -0.3 is 24.7 Å². The Morgan fingerprint density at radius 1 is 1.23 bits per heavy atom. The fourth-order valence-corrected chi connectivity index (χ4v) is 3.95. The van der Waals surface area contributed by atoms with E-state index in [1.807, 2.05) is 31.2 Å². The third-order valence-electron chi connectivity index (χ3n) is 5.25. The number of rotatable bonds is 3. The highest BCUT2D eigenvalue weighted by molar-refractivity contribution is 5.92.